The van der Waals surface area contributed by atoms with Crippen LogP contribution in [0.4, 0.5) is 0 Å². The van der Waals surface area contributed by atoms with E-state index >= 15 is 0 Å². The summed E-state index contributed by atoms with van der Waals surface area (Å²) >= 11 is 2.63. The molecule has 3 N–H and O–H groups in total. The summed E-state index contributed by atoms with van der Waals surface area (Å²) in [6.07, 6.45) is 0.988. The van der Waals surface area contributed by atoms with E-state index in [1.165, 1.54) is 4.88 Å². The van der Waals surface area contributed by atoms with Crippen LogP contribution in [-0.2, 0) is 6.42 Å². The van der Waals surface area contributed by atoms with E-state index in [4.69, 9.17) is 10.3 Å². The summed E-state index contributed by atoms with van der Waals surface area (Å²) in [5.74, 6) is 1.13. The highest BCUT2D eigenvalue weighted by molar-refractivity contribution is 7.93. The number of thiophene rings is 1. The van der Waals surface area contributed by atoms with Crippen LogP contribution in [0.1, 0.15) is 4.88 Å². The van der Waals surface area contributed by atoms with E-state index in [2.05, 4.69) is 11.4 Å². The van der Waals surface area contributed by atoms with Gasteiger partial charge in [-0.25, -0.2) is 0 Å². The molecule has 0 radical (unpaired) electrons. The Morgan fingerprint density at radius 2 is 2.50 bits per heavy atom. The second-order valence-electron chi connectivity index (χ2n) is 2.68. The molecule has 0 aromatic carbocycles. The Kier molecular flexibility index (Phi) is 4.68. The summed E-state index contributed by atoms with van der Waals surface area (Å²) in [7, 11) is 0. The molecule has 0 aliphatic carbocycles. The molecule has 68 valence electrons. The van der Waals surface area contributed by atoms with Gasteiger partial charge in [-0.05, 0) is 42.4 Å². The Balaban J connectivity index is 2.37. The van der Waals surface area contributed by atoms with Crippen molar-refractivity contribution in [2.24, 2.45) is 11.7 Å². The minimum Gasteiger partial charge on any atom is -0.330 e. The molecule has 1 aromatic rings. The Bertz CT molecular complexity index is 201. The molecule has 2 nitrogen and oxygen atoms in total. The lowest BCUT2D eigenvalue weighted by Gasteiger charge is -2.10. The zero-order valence-corrected chi connectivity index (χ0v) is 8.40. The van der Waals surface area contributed by atoms with E-state index in [1.807, 2.05) is 6.07 Å². The molecule has 0 fully saturated rings. The first-order chi connectivity index (χ1) is 5.86. The van der Waals surface area contributed by atoms with Crippen LogP contribution in [0.25, 0.3) is 0 Å². The SMILES string of the molecule is NCC(CSO)Cc1cccs1. The number of nitrogens with two attached hydrogens (primary N) is 1. The van der Waals surface area contributed by atoms with Gasteiger partial charge < -0.3 is 10.3 Å². The molecule has 0 aliphatic rings. The van der Waals surface area contributed by atoms with Crippen LogP contribution >= 0.6 is 23.4 Å². The predicted octanol–water partition coefficient (Wildman–Crippen LogP) is 2.07. The molecule has 0 saturated heterocycles. The number of rotatable bonds is 5. The highest BCUT2D eigenvalue weighted by Crippen LogP contribution is 2.16. The number of hydrogen-bond acceptors (Lipinski definition) is 4. The van der Waals surface area contributed by atoms with Gasteiger partial charge in [0.1, 0.15) is 0 Å². The molecule has 1 atom stereocenters. The average molecular weight is 203 g/mol. The summed E-state index contributed by atoms with van der Waals surface area (Å²) < 4.78 is 8.66. The van der Waals surface area contributed by atoms with Gasteiger partial charge in [-0.15, -0.1) is 11.3 Å². The third-order valence-corrected chi connectivity index (χ3v) is 3.23. The van der Waals surface area contributed by atoms with E-state index in [0.717, 1.165) is 24.2 Å². The third kappa shape index (κ3) is 3.15. The fourth-order valence-corrected chi connectivity index (χ4v) is 2.31. The molecule has 1 rings (SSSR count). The maximum absolute atomic E-state index is 8.66. The van der Waals surface area contributed by atoms with Crippen LogP contribution in [0.3, 0.4) is 0 Å². The molecule has 0 spiro atoms. The first kappa shape index (κ1) is 10.1. The summed E-state index contributed by atoms with van der Waals surface area (Å²) in [5, 5.41) is 2.06. The smallest absolute Gasteiger partial charge is 0.0239 e. The van der Waals surface area contributed by atoms with Gasteiger partial charge >= 0.3 is 0 Å². The monoisotopic (exact) mass is 203 g/mol. The molecule has 12 heavy (non-hydrogen) atoms. The molecule has 1 unspecified atom stereocenters. The molecular weight excluding hydrogens is 190 g/mol. The van der Waals surface area contributed by atoms with Crippen molar-refractivity contribution in [3.8, 4) is 0 Å². The van der Waals surface area contributed by atoms with Crippen LogP contribution in [0.15, 0.2) is 17.5 Å². The van der Waals surface area contributed by atoms with Gasteiger partial charge in [-0.2, -0.15) is 0 Å². The molecule has 1 heterocycles. The Labute approximate surface area is 81.0 Å². The topological polar surface area (TPSA) is 46.2 Å². The lowest BCUT2D eigenvalue weighted by molar-refractivity contribution is 0.585. The Morgan fingerprint density at radius 3 is 3.00 bits per heavy atom. The van der Waals surface area contributed by atoms with E-state index in [-0.39, 0.29) is 0 Å². The Hall–Kier alpha value is -0.0300. The average Bonchev–Trinajstić information content (AvgIpc) is 2.56. The van der Waals surface area contributed by atoms with Gasteiger partial charge in [-0.1, -0.05) is 6.07 Å². The zero-order chi connectivity index (χ0) is 8.81. The highest BCUT2D eigenvalue weighted by Gasteiger charge is 2.07. The second kappa shape index (κ2) is 5.59. The van der Waals surface area contributed by atoms with Gasteiger partial charge in [0.15, 0.2) is 0 Å². The lowest BCUT2D eigenvalue weighted by atomic mass is 10.1. The van der Waals surface area contributed by atoms with Crippen molar-refractivity contribution < 1.29 is 4.55 Å². The fraction of sp³-hybridized carbons (Fsp3) is 0.500. The predicted molar refractivity (Wildman–Crippen MR) is 55.7 cm³/mol. The van der Waals surface area contributed by atoms with Gasteiger partial charge in [0, 0.05) is 10.6 Å². The maximum atomic E-state index is 8.66. The Morgan fingerprint density at radius 1 is 1.67 bits per heavy atom. The molecule has 4 heteroatoms. The molecule has 0 bridgehead atoms. The van der Waals surface area contributed by atoms with Crippen LogP contribution < -0.4 is 5.73 Å². The summed E-state index contributed by atoms with van der Waals surface area (Å²) in [6.45, 7) is 0.644. The van der Waals surface area contributed by atoms with Crippen molar-refractivity contribution in [1.29, 1.82) is 0 Å². The van der Waals surface area contributed by atoms with Crippen molar-refractivity contribution in [2.45, 2.75) is 6.42 Å². The van der Waals surface area contributed by atoms with Crippen molar-refractivity contribution >= 4 is 23.4 Å². The van der Waals surface area contributed by atoms with Gasteiger partial charge in [0.25, 0.3) is 0 Å². The van der Waals surface area contributed by atoms with E-state index < -0.39 is 0 Å². The van der Waals surface area contributed by atoms with E-state index in [1.54, 1.807) is 11.3 Å². The van der Waals surface area contributed by atoms with Crippen LogP contribution in [0.5, 0.6) is 0 Å². The van der Waals surface area contributed by atoms with Gasteiger partial charge in [0.05, 0.1) is 0 Å². The van der Waals surface area contributed by atoms with E-state index in [9.17, 15) is 0 Å². The minimum absolute atomic E-state index is 0.402. The lowest BCUT2D eigenvalue weighted by Crippen LogP contribution is -2.18. The van der Waals surface area contributed by atoms with Gasteiger partial charge in [0.2, 0.25) is 0 Å². The van der Waals surface area contributed by atoms with Crippen molar-refractivity contribution in [3.05, 3.63) is 22.4 Å². The van der Waals surface area contributed by atoms with Gasteiger partial charge in [-0.3, -0.25) is 0 Å². The van der Waals surface area contributed by atoms with Crippen LogP contribution in [-0.4, -0.2) is 16.9 Å². The summed E-state index contributed by atoms with van der Waals surface area (Å²) in [5.41, 5.74) is 5.56. The van der Waals surface area contributed by atoms with Crippen LogP contribution in [0.2, 0.25) is 0 Å². The minimum atomic E-state index is 0.402. The quantitative estimate of drug-likeness (QED) is 0.720. The highest BCUT2D eigenvalue weighted by atomic mass is 32.2. The zero-order valence-electron chi connectivity index (χ0n) is 6.77. The summed E-state index contributed by atoms with van der Waals surface area (Å²) in [4.78, 5) is 1.35. The maximum Gasteiger partial charge on any atom is 0.0239 e. The normalized spacial score (nSPS) is 13.2. The molecule has 0 saturated carbocycles. The van der Waals surface area contributed by atoms with Crippen LogP contribution in [0, 0.1) is 5.92 Å². The van der Waals surface area contributed by atoms with Crippen molar-refractivity contribution in [1.82, 2.24) is 0 Å². The first-order valence-electron chi connectivity index (χ1n) is 3.85. The largest absolute Gasteiger partial charge is 0.330 e. The third-order valence-electron chi connectivity index (χ3n) is 1.71. The molecule has 0 amide bonds. The van der Waals surface area contributed by atoms with Crippen molar-refractivity contribution in [2.75, 3.05) is 12.3 Å². The summed E-state index contributed by atoms with van der Waals surface area (Å²) in [6, 6.07) is 4.15. The number of hydrogen-bond donors (Lipinski definition) is 2. The second-order valence-corrected chi connectivity index (χ2v) is 4.30. The molecular formula is C8H13NOS2. The van der Waals surface area contributed by atoms with E-state index in [0.29, 0.717) is 12.5 Å². The fourth-order valence-electron chi connectivity index (χ4n) is 1.03. The molecule has 0 aliphatic heterocycles. The first-order valence-corrected chi connectivity index (χ1v) is 5.68. The van der Waals surface area contributed by atoms with Crippen molar-refractivity contribution in [3.63, 3.8) is 0 Å². The standard InChI is InChI=1S/C8H13NOS2/c9-5-7(6-12-10)4-8-2-1-3-11-8/h1-3,7,10H,4-6,9H2. The molecule has 1 aromatic heterocycles.